The summed E-state index contributed by atoms with van der Waals surface area (Å²) >= 11 is 0. The first-order valence-corrected chi connectivity index (χ1v) is 10.2. The van der Waals surface area contributed by atoms with Crippen molar-refractivity contribution in [3.8, 4) is 0 Å². The van der Waals surface area contributed by atoms with Gasteiger partial charge in [0.15, 0.2) is 0 Å². The molecule has 1 aliphatic heterocycles. The summed E-state index contributed by atoms with van der Waals surface area (Å²) in [7, 11) is 0. The fourth-order valence-electron chi connectivity index (χ4n) is 3.57. The molecule has 0 spiro atoms. The Morgan fingerprint density at radius 3 is 2.74 bits per heavy atom. The van der Waals surface area contributed by atoms with E-state index < -0.39 is 0 Å². The van der Waals surface area contributed by atoms with Crippen LogP contribution in [0.25, 0.3) is 10.8 Å². The molecule has 1 fully saturated rings. The maximum Gasteiger partial charge on any atom is 0.273 e. The van der Waals surface area contributed by atoms with E-state index >= 15 is 0 Å². The summed E-state index contributed by atoms with van der Waals surface area (Å²) in [6.07, 6.45) is 6.38. The van der Waals surface area contributed by atoms with Crippen molar-refractivity contribution in [2.45, 2.75) is 32.6 Å². The zero-order valence-electron chi connectivity index (χ0n) is 16.4. The highest BCUT2D eigenvalue weighted by molar-refractivity contribution is 6.05. The van der Waals surface area contributed by atoms with Crippen LogP contribution in [0.5, 0.6) is 0 Å². The SMILES string of the molecule is CCCCCCN(CCN1CCOCC1)C(=O)c1nccc2ccccc12. The number of hydrogen-bond acceptors (Lipinski definition) is 4. The number of nitrogens with zero attached hydrogens (tertiary/aromatic N) is 3. The average Bonchev–Trinajstić information content (AvgIpc) is 2.73. The second kappa shape index (κ2) is 10.4. The molecule has 2 heterocycles. The highest BCUT2D eigenvalue weighted by atomic mass is 16.5. The second-order valence-electron chi connectivity index (χ2n) is 7.19. The molecule has 0 atom stereocenters. The third-order valence-corrected chi connectivity index (χ3v) is 5.23. The van der Waals surface area contributed by atoms with E-state index in [1.54, 1.807) is 6.20 Å². The Kier molecular flexibility index (Phi) is 7.60. The third kappa shape index (κ3) is 5.50. The third-order valence-electron chi connectivity index (χ3n) is 5.23. The number of morpholine rings is 1. The zero-order valence-corrected chi connectivity index (χ0v) is 16.4. The normalized spacial score (nSPS) is 15.1. The molecule has 3 rings (SSSR count). The molecule has 0 radical (unpaired) electrons. The molecule has 5 heteroatoms. The van der Waals surface area contributed by atoms with Crippen LogP contribution in [-0.2, 0) is 4.74 Å². The van der Waals surface area contributed by atoms with E-state index in [9.17, 15) is 4.79 Å². The van der Waals surface area contributed by atoms with Crippen molar-refractivity contribution in [2.75, 3.05) is 45.9 Å². The number of hydrogen-bond donors (Lipinski definition) is 0. The molecule has 2 aromatic rings. The van der Waals surface area contributed by atoms with E-state index in [-0.39, 0.29) is 5.91 Å². The number of ether oxygens (including phenoxy) is 1. The number of rotatable bonds is 9. The molecule has 0 saturated carbocycles. The van der Waals surface area contributed by atoms with Crippen LogP contribution in [-0.4, -0.2) is 66.6 Å². The van der Waals surface area contributed by atoms with Crippen molar-refractivity contribution in [1.82, 2.24) is 14.8 Å². The molecule has 0 bridgehead atoms. The zero-order chi connectivity index (χ0) is 18.9. The van der Waals surface area contributed by atoms with Crippen molar-refractivity contribution in [2.24, 2.45) is 0 Å². The topological polar surface area (TPSA) is 45.7 Å². The van der Waals surface area contributed by atoms with E-state index in [0.717, 1.165) is 63.1 Å². The Morgan fingerprint density at radius 2 is 1.93 bits per heavy atom. The second-order valence-corrected chi connectivity index (χ2v) is 7.19. The molecule has 0 N–H and O–H groups in total. The van der Waals surface area contributed by atoms with E-state index in [4.69, 9.17) is 4.74 Å². The molecule has 5 nitrogen and oxygen atoms in total. The van der Waals surface area contributed by atoms with Gasteiger partial charge in [-0.1, -0.05) is 50.5 Å². The first kappa shape index (κ1) is 19.8. The van der Waals surface area contributed by atoms with Crippen molar-refractivity contribution >= 4 is 16.7 Å². The van der Waals surface area contributed by atoms with Gasteiger partial charge in [0.05, 0.1) is 13.2 Å². The summed E-state index contributed by atoms with van der Waals surface area (Å²) in [5.41, 5.74) is 0.575. The number of pyridine rings is 1. The van der Waals surface area contributed by atoms with Crippen molar-refractivity contribution in [1.29, 1.82) is 0 Å². The first-order chi connectivity index (χ1) is 13.3. The standard InChI is InChI=1S/C22H31N3O2/c1-2-3-4-7-12-25(14-13-24-15-17-27-18-16-24)22(26)21-20-9-6-5-8-19(20)10-11-23-21/h5-6,8-11H,2-4,7,12-18H2,1H3. The van der Waals surface area contributed by atoms with Crippen LogP contribution < -0.4 is 0 Å². The van der Waals surface area contributed by atoms with Crippen molar-refractivity contribution < 1.29 is 9.53 Å². The minimum absolute atomic E-state index is 0.0524. The number of unbranched alkanes of at least 4 members (excludes halogenated alkanes) is 3. The lowest BCUT2D eigenvalue weighted by molar-refractivity contribution is 0.0323. The summed E-state index contributed by atoms with van der Waals surface area (Å²) in [5.74, 6) is 0.0524. The summed E-state index contributed by atoms with van der Waals surface area (Å²) in [6, 6.07) is 9.96. The number of carbonyl (C=O) groups is 1. The summed E-state index contributed by atoms with van der Waals surface area (Å²) in [4.78, 5) is 22.1. The fraction of sp³-hybridized carbons (Fsp3) is 0.545. The summed E-state index contributed by atoms with van der Waals surface area (Å²) in [5, 5.41) is 2.00. The van der Waals surface area contributed by atoms with Gasteiger partial charge in [-0.15, -0.1) is 0 Å². The van der Waals surface area contributed by atoms with Crippen LogP contribution in [0.4, 0.5) is 0 Å². The molecule has 0 aliphatic carbocycles. The van der Waals surface area contributed by atoms with Crippen molar-refractivity contribution in [3.63, 3.8) is 0 Å². The monoisotopic (exact) mass is 369 g/mol. The molecular weight excluding hydrogens is 338 g/mol. The van der Waals surface area contributed by atoms with Crippen LogP contribution in [0.15, 0.2) is 36.5 Å². The lowest BCUT2D eigenvalue weighted by atomic mass is 10.1. The molecule has 1 amide bonds. The van der Waals surface area contributed by atoms with Gasteiger partial charge in [-0.25, -0.2) is 0 Å². The lowest BCUT2D eigenvalue weighted by Gasteiger charge is -2.30. The summed E-state index contributed by atoms with van der Waals surface area (Å²) in [6.45, 7) is 8.12. The van der Waals surface area contributed by atoms with Gasteiger partial charge in [-0.05, 0) is 17.9 Å². The van der Waals surface area contributed by atoms with E-state index in [1.165, 1.54) is 19.3 Å². The van der Waals surface area contributed by atoms with Crippen LogP contribution >= 0.6 is 0 Å². The van der Waals surface area contributed by atoms with Gasteiger partial charge in [0.25, 0.3) is 5.91 Å². The van der Waals surface area contributed by atoms with E-state index in [1.807, 2.05) is 35.2 Å². The molecule has 1 aromatic heterocycles. The predicted molar refractivity (Wildman–Crippen MR) is 109 cm³/mol. The number of carbonyl (C=O) groups excluding carboxylic acids is 1. The molecule has 146 valence electrons. The van der Waals surface area contributed by atoms with Gasteiger partial charge in [0.2, 0.25) is 0 Å². The van der Waals surface area contributed by atoms with E-state index in [0.29, 0.717) is 5.69 Å². The number of aromatic nitrogens is 1. The Hall–Kier alpha value is -1.98. The van der Waals surface area contributed by atoms with Gasteiger partial charge in [-0.3, -0.25) is 14.7 Å². The largest absolute Gasteiger partial charge is 0.379 e. The number of benzene rings is 1. The van der Waals surface area contributed by atoms with Gasteiger partial charge in [0, 0.05) is 44.3 Å². The molecular formula is C22H31N3O2. The number of fused-ring (bicyclic) bond motifs is 1. The fourth-order valence-corrected chi connectivity index (χ4v) is 3.57. The van der Waals surface area contributed by atoms with Crippen LogP contribution in [0, 0.1) is 0 Å². The Bertz CT molecular complexity index is 723. The van der Waals surface area contributed by atoms with Crippen LogP contribution in [0.1, 0.15) is 43.1 Å². The maximum absolute atomic E-state index is 13.3. The Labute approximate surface area is 162 Å². The highest BCUT2D eigenvalue weighted by Gasteiger charge is 2.20. The quantitative estimate of drug-likeness (QED) is 0.634. The highest BCUT2D eigenvalue weighted by Crippen LogP contribution is 2.18. The molecule has 0 unspecified atom stereocenters. The van der Waals surface area contributed by atoms with Gasteiger partial charge in [0.1, 0.15) is 5.69 Å². The Morgan fingerprint density at radius 1 is 1.11 bits per heavy atom. The van der Waals surface area contributed by atoms with Gasteiger partial charge >= 0.3 is 0 Å². The molecule has 27 heavy (non-hydrogen) atoms. The predicted octanol–water partition coefficient (Wildman–Crippen LogP) is 3.59. The Balaban J connectivity index is 1.72. The average molecular weight is 370 g/mol. The van der Waals surface area contributed by atoms with Crippen molar-refractivity contribution in [3.05, 3.63) is 42.2 Å². The van der Waals surface area contributed by atoms with Gasteiger partial charge in [-0.2, -0.15) is 0 Å². The molecule has 1 aromatic carbocycles. The van der Waals surface area contributed by atoms with Crippen LogP contribution in [0.3, 0.4) is 0 Å². The van der Waals surface area contributed by atoms with E-state index in [2.05, 4.69) is 16.8 Å². The summed E-state index contributed by atoms with van der Waals surface area (Å²) < 4.78 is 5.43. The minimum Gasteiger partial charge on any atom is -0.379 e. The van der Waals surface area contributed by atoms with Gasteiger partial charge < -0.3 is 9.64 Å². The number of amides is 1. The first-order valence-electron chi connectivity index (χ1n) is 10.2. The minimum atomic E-state index is 0.0524. The molecule has 1 aliphatic rings. The smallest absolute Gasteiger partial charge is 0.273 e. The van der Waals surface area contributed by atoms with Crippen LogP contribution in [0.2, 0.25) is 0 Å². The lowest BCUT2D eigenvalue weighted by Crippen LogP contribution is -2.43. The molecule has 1 saturated heterocycles. The maximum atomic E-state index is 13.3.